The van der Waals surface area contributed by atoms with Crippen LogP contribution in [0.4, 0.5) is 5.82 Å². The normalized spacial score (nSPS) is 26.5. The maximum atomic E-state index is 10.3. The first kappa shape index (κ1) is 15.3. The molecule has 4 rings (SSSR count). The second kappa shape index (κ2) is 6.00. The molecule has 0 saturated carbocycles. The Labute approximate surface area is 141 Å². The van der Waals surface area contributed by atoms with E-state index in [9.17, 15) is 5.11 Å². The van der Waals surface area contributed by atoms with Gasteiger partial charge in [0.05, 0.1) is 17.5 Å². The van der Waals surface area contributed by atoms with Gasteiger partial charge >= 0.3 is 0 Å². The molecule has 1 fully saturated rings. The van der Waals surface area contributed by atoms with Crippen molar-refractivity contribution in [3.8, 4) is 0 Å². The van der Waals surface area contributed by atoms with Crippen molar-refractivity contribution in [2.45, 2.75) is 31.4 Å². The molecule has 3 N–H and O–H groups in total. The topological polar surface area (TPSA) is 75.3 Å². The van der Waals surface area contributed by atoms with Crippen LogP contribution in [0.15, 0.2) is 42.5 Å². The van der Waals surface area contributed by atoms with E-state index in [1.807, 2.05) is 18.2 Å². The van der Waals surface area contributed by atoms with Crippen molar-refractivity contribution >= 4 is 16.7 Å². The van der Waals surface area contributed by atoms with Gasteiger partial charge in [-0.2, -0.15) is 0 Å². The molecule has 3 atom stereocenters. The van der Waals surface area contributed by atoms with Gasteiger partial charge < -0.3 is 15.7 Å². The summed E-state index contributed by atoms with van der Waals surface area (Å²) in [6.45, 7) is 3.77. The van der Waals surface area contributed by atoms with Gasteiger partial charge in [-0.05, 0) is 31.0 Å². The average Bonchev–Trinajstić information content (AvgIpc) is 3.00. The summed E-state index contributed by atoms with van der Waals surface area (Å²) in [5.41, 5.74) is 8.17. The standard InChI is InChI=1S/C19H22N4O/c1-12-6-7-14-16(10-12)21-18(15-4-2-3-5-17(15)24)22-19(14)23-9-8-13(20)11-23/h2-7,10,13,15,17,24H,8-9,11,20H2,1H3/t13-,15-,17?/m1/s1. The third kappa shape index (κ3) is 2.70. The lowest BCUT2D eigenvalue weighted by Gasteiger charge is -2.23. The SMILES string of the molecule is Cc1ccc2c(N3CC[C@@H](N)C3)nc([C@@H]3C=CC=CC3O)nc2c1. The molecule has 2 heterocycles. The molecule has 0 bridgehead atoms. The number of aliphatic hydroxyl groups excluding tert-OH is 1. The number of rotatable bonds is 2. The summed E-state index contributed by atoms with van der Waals surface area (Å²) in [5, 5.41) is 11.3. The van der Waals surface area contributed by atoms with E-state index in [1.54, 1.807) is 6.08 Å². The lowest BCUT2D eigenvalue weighted by molar-refractivity contribution is 0.202. The van der Waals surface area contributed by atoms with Crippen LogP contribution in [0.2, 0.25) is 0 Å². The number of anilines is 1. The third-order valence-electron chi connectivity index (χ3n) is 4.78. The number of aliphatic hydroxyl groups is 1. The van der Waals surface area contributed by atoms with Gasteiger partial charge in [0.15, 0.2) is 0 Å². The van der Waals surface area contributed by atoms with Crippen LogP contribution in [-0.2, 0) is 0 Å². The zero-order valence-corrected chi connectivity index (χ0v) is 13.8. The number of hydrogen-bond acceptors (Lipinski definition) is 5. The minimum Gasteiger partial charge on any atom is -0.388 e. The smallest absolute Gasteiger partial charge is 0.141 e. The molecule has 0 spiro atoms. The van der Waals surface area contributed by atoms with Crippen molar-refractivity contribution in [3.05, 3.63) is 53.9 Å². The largest absolute Gasteiger partial charge is 0.388 e. The second-order valence-corrected chi connectivity index (χ2v) is 6.71. The van der Waals surface area contributed by atoms with Gasteiger partial charge in [0.1, 0.15) is 11.6 Å². The summed E-state index contributed by atoms with van der Waals surface area (Å²) >= 11 is 0. The molecule has 1 aliphatic heterocycles. The Bertz CT molecular complexity index is 829. The molecular weight excluding hydrogens is 300 g/mol. The van der Waals surface area contributed by atoms with E-state index in [0.717, 1.165) is 41.8 Å². The van der Waals surface area contributed by atoms with Gasteiger partial charge in [-0.15, -0.1) is 0 Å². The van der Waals surface area contributed by atoms with Crippen LogP contribution in [0.5, 0.6) is 0 Å². The third-order valence-corrected chi connectivity index (χ3v) is 4.78. The van der Waals surface area contributed by atoms with Crippen molar-refractivity contribution in [2.75, 3.05) is 18.0 Å². The predicted molar refractivity (Wildman–Crippen MR) is 96.1 cm³/mol. The van der Waals surface area contributed by atoms with Crippen LogP contribution in [-0.4, -0.2) is 40.3 Å². The summed E-state index contributed by atoms with van der Waals surface area (Å²) in [7, 11) is 0. The summed E-state index contributed by atoms with van der Waals surface area (Å²) in [6.07, 6.45) is 7.91. The molecule has 1 aromatic carbocycles. The highest BCUT2D eigenvalue weighted by Crippen LogP contribution is 2.31. The fourth-order valence-corrected chi connectivity index (χ4v) is 3.44. The number of benzene rings is 1. The molecule has 5 heteroatoms. The van der Waals surface area contributed by atoms with Crippen LogP contribution in [0, 0.1) is 6.92 Å². The van der Waals surface area contributed by atoms with Crippen LogP contribution < -0.4 is 10.6 Å². The van der Waals surface area contributed by atoms with E-state index in [1.165, 1.54) is 0 Å². The number of nitrogens with two attached hydrogens (primary N) is 1. The predicted octanol–water partition coefficient (Wildman–Crippen LogP) is 2.05. The first-order valence-electron chi connectivity index (χ1n) is 8.44. The molecule has 5 nitrogen and oxygen atoms in total. The van der Waals surface area contributed by atoms with E-state index in [4.69, 9.17) is 15.7 Å². The van der Waals surface area contributed by atoms with Gasteiger partial charge in [-0.1, -0.05) is 30.4 Å². The monoisotopic (exact) mass is 322 g/mol. The van der Waals surface area contributed by atoms with Crippen LogP contribution >= 0.6 is 0 Å². The number of hydrogen-bond donors (Lipinski definition) is 2. The number of allylic oxidation sites excluding steroid dienone is 2. The Balaban J connectivity index is 1.86. The number of nitrogens with zero attached hydrogens (tertiary/aromatic N) is 3. The molecule has 124 valence electrons. The Kier molecular flexibility index (Phi) is 3.82. The molecule has 0 amide bonds. The molecule has 1 unspecified atom stereocenters. The lowest BCUT2D eigenvalue weighted by Crippen LogP contribution is -2.28. The zero-order valence-electron chi connectivity index (χ0n) is 13.8. The summed E-state index contributed by atoms with van der Waals surface area (Å²) in [6, 6.07) is 6.44. The van der Waals surface area contributed by atoms with Crippen LogP contribution in [0.25, 0.3) is 10.9 Å². The summed E-state index contributed by atoms with van der Waals surface area (Å²) in [5.74, 6) is 1.38. The maximum Gasteiger partial charge on any atom is 0.141 e. The zero-order chi connectivity index (χ0) is 16.7. The maximum absolute atomic E-state index is 10.3. The molecule has 1 aliphatic carbocycles. The Morgan fingerprint density at radius 2 is 2.04 bits per heavy atom. The summed E-state index contributed by atoms with van der Waals surface area (Å²) in [4.78, 5) is 11.8. The van der Waals surface area contributed by atoms with Gasteiger partial charge in [-0.25, -0.2) is 9.97 Å². The highest BCUT2D eigenvalue weighted by atomic mass is 16.3. The Hall–Kier alpha value is -2.24. The van der Waals surface area contributed by atoms with E-state index >= 15 is 0 Å². The van der Waals surface area contributed by atoms with Gasteiger partial charge in [0, 0.05) is 24.5 Å². The van der Waals surface area contributed by atoms with Crippen molar-refractivity contribution in [1.82, 2.24) is 9.97 Å². The minimum atomic E-state index is -0.592. The molecule has 24 heavy (non-hydrogen) atoms. The quantitative estimate of drug-likeness (QED) is 0.885. The van der Waals surface area contributed by atoms with Crippen molar-refractivity contribution in [1.29, 1.82) is 0 Å². The molecule has 2 aromatic rings. The van der Waals surface area contributed by atoms with Gasteiger partial charge in [0.2, 0.25) is 0 Å². The molecule has 1 saturated heterocycles. The number of aryl methyl sites for hydroxylation is 1. The number of fused-ring (bicyclic) bond motifs is 1. The van der Waals surface area contributed by atoms with Gasteiger partial charge in [0.25, 0.3) is 0 Å². The minimum absolute atomic E-state index is 0.187. The van der Waals surface area contributed by atoms with Crippen LogP contribution in [0.1, 0.15) is 23.7 Å². The van der Waals surface area contributed by atoms with Crippen LogP contribution in [0.3, 0.4) is 0 Å². The fourth-order valence-electron chi connectivity index (χ4n) is 3.44. The van der Waals surface area contributed by atoms with Crippen molar-refractivity contribution in [3.63, 3.8) is 0 Å². The molecule has 0 radical (unpaired) electrons. The van der Waals surface area contributed by atoms with E-state index in [2.05, 4.69) is 30.0 Å². The highest BCUT2D eigenvalue weighted by Gasteiger charge is 2.26. The number of aromatic nitrogens is 2. The second-order valence-electron chi connectivity index (χ2n) is 6.71. The highest BCUT2D eigenvalue weighted by molar-refractivity contribution is 5.90. The molecular formula is C19H22N4O. The van der Waals surface area contributed by atoms with Gasteiger partial charge in [-0.3, -0.25) is 0 Å². The molecule has 2 aliphatic rings. The first-order chi connectivity index (χ1) is 11.6. The van der Waals surface area contributed by atoms with E-state index in [0.29, 0.717) is 5.82 Å². The Morgan fingerprint density at radius 3 is 2.79 bits per heavy atom. The molecule has 1 aromatic heterocycles. The van der Waals surface area contributed by atoms with E-state index in [-0.39, 0.29) is 12.0 Å². The van der Waals surface area contributed by atoms with Crippen molar-refractivity contribution < 1.29 is 5.11 Å². The lowest BCUT2D eigenvalue weighted by atomic mass is 9.96. The summed E-state index contributed by atoms with van der Waals surface area (Å²) < 4.78 is 0. The Morgan fingerprint density at radius 1 is 1.21 bits per heavy atom. The first-order valence-corrected chi connectivity index (χ1v) is 8.44. The van der Waals surface area contributed by atoms with E-state index < -0.39 is 6.10 Å². The van der Waals surface area contributed by atoms with Crippen molar-refractivity contribution in [2.24, 2.45) is 5.73 Å². The fraction of sp³-hybridized carbons (Fsp3) is 0.368. The average molecular weight is 322 g/mol.